The fraction of sp³-hybridized carbons (Fsp3) is 0.143. The molecule has 2 aliphatic carbocycles. The molecule has 4 heterocycles. The van der Waals surface area contributed by atoms with Crippen LogP contribution in [0.3, 0.4) is 0 Å². The van der Waals surface area contributed by atoms with E-state index in [0.717, 1.165) is 45.3 Å². The molecular weight excluding hydrogens is 844 g/mol. The fourth-order valence-corrected chi connectivity index (χ4v) is 14.3. The van der Waals surface area contributed by atoms with Gasteiger partial charge in [0.1, 0.15) is 11.2 Å². The second-order valence-corrected chi connectivity index (χ2v) is 21.9. The Labute approximate surface area is 400 Å². The van der Waals surface area contributed by atoms with Crippen molar-refractivity contribution in [2.24, 2.45) is 0 Å². The van der Waals surface area contributed by atoms with Gasteiger partial charge in [-0.25, -0.2) is 0 Å². The van der Waals surface area contributed by atoms with Crippen LogP contribution in [0.2, 0.25) is 0 Å². The van der Waals surface area contributed by atoms with Gasteiger partial charge in [0, 0.05) is 37.8 Å². The normalized spacial score (nSPS) is 16.3. The summed E-state index contributed by atoms with van der Waals surface area (Å²) in [5, 5.41) is 8.89. The summed E-state index contributed by atoms with van der Waals surface area (Å²) >= 11 is 1.91. The molecule has 0 saturated heterocycles. The summed E-state index contributed by atoms with van der Waals surface area (Å²) in [4.78, 5) is 2.65. The molecule has 15 rings (SSSR count). The minimum atomic E-state index is -0.489. The van der Waals surface area contributed by atoms with Crippen molar-refractivity contribution in [2.75, 3.05) is 10.2 Å². The highest BCUT2D eigenvalue weighted by atomic mass is 32.1. The van der Waals surface area contributed by atoms with Crippen LogP contribution < -0.4 is 21.1 Å². The first-order valence-electron chi connectivity index (χ1n) is 24.1. The third-order valence-electron chi connectivity index (χ3n) is 16.4. The van der Waals surface area contributed by atoms with Crippen molar-refractivity contribution in [1.29, 1.82) is 0 Å². The van der Waals surface area contributed by atoms with Crippen LogP contribution in [0.4, 0.5) is 28.4 Å². The van der Waals surface area contributed by atoms with Crippen LogP contribution in [0, 0.1) is 0 Å². The molecule has 323 valence electrons. The minimum absolute atomic E-state index is 0.0665. The average molecular weight is 890 g/mol. The summed E-state index contributed by atoms with van der Waals surface area (Å²) in [5.74, 6) is 0. The third-order valence-corrected chi connectivity index (χ3v) is 17.6. The van der Waals surface area contributed by atoms with E-state index in [1.807, 2.05) is 11.3 Å². The predicted octanol–water partition coefficient (Wildman–Crippen LogP) is 15.8. The summed E-state index contributed by atoms with van der Waals surface area (Å²) < 4.78 is 9.27. The standard InChI is InChI=1S/C63H46BN2OS/c1-61(2)32-33-62(3,4)49-34-36(28-30-46(49)61)65-57-40(29-31-53-55(57)41-19-7-13-26-52(41)67-53)42-35-43-39-18-8-14-27-54(39)68-60(43)59-56(42)64-50-24-15-23-48-58(50)66(59)51-25-12-11-22-47(51)63(48)44-20-9-5-16-37(44)38-17-6-10-21-45(38)63/h5-31,34-35,65H,32-33H2,1-4H3. The van der Waals surface area contributed by atoms with Crippen molar-refractivity contribution in [3.05, 3.63) is 209 Å². The SMILES string of the molecule is CC1(C)CCC(C)(C)c2cc(Nc3c(-c4cc5c(sc6ccccc65)c5c4[B]c4cccc6c4N5c4ccccc4C64c5ccccc5-c5ccccc54)ccc4oc5ccccc5c34)ccc21. The first-order chi connectivity index (χ1) is 33.2. The lowest BCUT2D eigenvalue weighted by Gasteiger charge is -2.48. The van der Waals surface area contributed by atoms with Gasteiger partial charge < -0.3 is 14.6 Å². The molecule has 2 aromatic heterocycles. The number of benzene rings is 9. The van der Waals surface area contributed by atoms with E-state index in [2.05, 4.69) is 221 Å². The van der Waals surface area contributed by atoms with E-state index in [1.165, 1.54) is 105 Å². The highest BCUT2D eigenvalue weighted by Crippen LogP contribution is 2.64. The Balaban J connectivity index is 1.04. The Morgan fingerprint density at radius 3 is 2.00 bits per heavy atom. The second kappa shape index (κ2) is 13.4. The molecule has 2 aliphatic heterocycles. The Morgan fingerprint density at radius 1 is 0.515 bits per heavy atom. The molecule has 0 bridgehead atoms. The zero-order valence-electron chi connectivity index (χ0n) is 38.5. The van der Waals surface area contributed by atoms with E-state index in [-0.39, 0.29) is 10.8 Å². The Kier molecular flexibility index (Phi) is 7.65. The number of rotatable bonds is 3. The van der Waals surface area contributed by atoms with Gasteiger partial charge in [0.05, 0.1) is 32.6 Å². The van der Waals surface area contributed by atoms with E-state index in [0.29, 0.717) is 0 Å². The molecule has 0 saturated carbocycles. The molecule has 0 unspecified atom stereocenters. The van der Waals surface area contributed by atoms with Crippen LogP contribution in [-0.2, 0) is 16.2 Å². The molecule has 3 nitrogen and oxygen atoms in total. The number of para-hydroxylation sites is 3. The maximum Gasteiger partial charge on any atom is 0.197 e. The summed E-state index contributed by atoms with van der Waals surface area (Å²) in [6.45, 7) is 9.64. The van der Waals surface area contributed by atoms with Gasteiger partial charge in [-0.3, -0.25) is 0 Å². The quantitative estimate of drug-likeness (QED) is 0.179. The lowest BCUT2D eigenvalue weighted by molar-refractivity contribution is 0.332. The topological polar surface area (TPSA) is 28.4 Å². The smallest absolute Gasteiger partial charge is 0.197 e. The number of furan rings is 1. The van der Waals surface area contributed by atoms with Crippen LogP contribution in [-0.4, -0.2) is 7.28 Å². The number of fused-ring (bicyclic) bond motifs is 19. The number of nitrogens with zero attached hydrogens (tertiary/aromatic N) is 1. The molecular formula is C63H46BN2OS. The van der Waals surface area contributed by atoms with Crippen molar-refractivity contribution < 1.29 is 4.42 Å². The molecule has 9 aromatic carbocycles. The summed E-state index contributed by atoms with van der Waals surface area (Å²) in [7, 11) is 2.50. The van der Waals surface area contributed by atoms with Crippen LogP contribution in [0.15, 0.2) is 180 Å². The molecule has 4 aliphatic rings. The first-order valence-corrected chi connectivity index (χ1v) is 24.9. The van der Waals surface area contributed by atoms with Gasteiger partial charge in [-0.1, -0.05) is 161 Å². The van der Waals surface area contributed by atoms with Gasteiger partial charge in [0.2, 0.25) is 0 Å². The Hall–Kier alpha value is -7.34. The lowest BCUT2D eigenvalue weighted by Crippen LogP contribution is -2.47. The zero-order chi connectivity index (χ0) is 45.3. The zero-order valence-corrected chi connectivity index (χ0v) is 39.3. The third kappa shape index (κ3) is 4.94. The Morgan fingerprint density at radius 2 is 1.19 bits per heavy atom. The van der Waals surface area contributed by atoms with Gasteiger partial charge in [0.15, 0.2) is 7.28 Å². The van der Waals surface area contributed by atoms with Crippen molar-refractivity contribution >= 4 is 100 Å². The van der Waals surface area contributed by atoms with Crippen LogP contribution in [0.1, 0.15) is 73.9 Å². The van der Waals surface area contributed by atoms with Gasteiger partial charge in [-0.15, -0.1) is 11.3 Å². The summed E-state index contributed by atoms with van der Waals surface area (Å²) in [5.41, 5.74) is 22.9. The highest BCUT2D eigenvalue weighted by Gasteiger charge is 2.53. The number of hydrogen-bond acceptors (Lipinski definition) is 4. The van der Waals surface area contributed by atoms with E-state index >= 15 is 0 Å². The monoisotopic (exact) mass is 889 g/mol. The molecule has 0 amide bonds. The number of hydrogen-bond donors (Lipinski definition) is 1. The largest absolute Gasteiger partial charge is 0.456 e. The number of thiophene rings is 1. The summed E-state index contributed by atoms with van der Waals surface area (Å²) in [6, 6.07) is 66.1. The molecule has 1 radical (unpaired) electrons. The van der Waals surface area contributed by atoms with Gasteiger partial charge in [-0.2, -0.15) is 0 Å². The fourth-order valence-electron chi connectivity index (χ4n) is 13.1. The molecule has 1 N–H and O–H groups in total. The van der Waals surface area contributed by atoms with Gasteiger partial charge in [-0.05, 0) is 128 Å². The molecule has 68 heavy (non-hydrogen) atoms. The summed E-state index contributed by atoms with van der Waals surface area (Å²) in [6.07, 6.45) is 2.34. The average Bonchev–Trinajstić information content (AvgIpc) is 4.03. The van der Waals surface area contributed by atoms with E-state index in [4.69, 9.17) is 4.42 Å². The first kappa shape index (κ1) is 38.7. The maximum absolute atomic E-state index is 6.68. The molecule has 0 atom stereocenters. The molecule has 5 heteroatoms. The lowest BCUT2D eigenvalue weighted by atomic mass is 9.54. The van der Waals surface area contributed by atoms with Crippen LogP contribution >= 0.6 is 11.3 Å². The number of nitrogens with one attached hydrogen (secondary N) is 1. The van der Waals surface area contributed by atoms with Crippen LogP contribution in [0.5, 0.6) is 0 Å². The molecule has 1 spiro atoms. The Bertz CT molecular complexity index is 3970. The predicted molar refractivity (Wildman–Crippen MR) is 288 cm³/mol. The van der Waals surface area contributed by atoms with Gasteiger partial charge in [0.25, 0.3) is 0 Å². The minimum Gasteiger partial charge on any atom is -0.456 e. The second-order valence-electron chi connectivity index (χ2n) is 20.9. The van der Waals surface area contributed by atoms with Crippen molar-refractivity contribution in [3.8, 4) is 22.3 Å². The van der Waals surface area contributed by atoms with E-state index in [1.54, 1.807) is 0 Å². The molecule has 11 aromatic rings. The van der Waals surface area contributed by atoms with E-state index in [9.17, 15) is 0 Å². The number of anilines is 5. The van der Waals surface area contributed by atoms with Crippen molar-refractivity contribution in [2.45, 2.75) is 56.8 Å². The maximum atomic E-state index is 6.68. The van der Waals surface area contributed by atoms with Crippen LogP contribution in [0.25, 0.3) is 64.4 Å². The highest BCUT2D eigenvalue weighted by molar-refractivity contribution is 7.26. The molecule has 0 fully saturated rings. The van der Waals surface area contributed by atoms with Crippen molar-refractivity contribution in [3.63, 3.8) is 0 Å². The van der Waals surface area contributed by atoms with Crippen molar-refractivity contribution in [1.82, 2.24) is 0 Å². The van der Waals surface area contributed by atoms with Gasteiger partial charge >= 0.3 is 0 Å². The van der Waals surface area contributed by atoms with E-state index < -0.39 is 5.41 Å².